The molecule has 0 aliphatic carbocycles. The largest absolute Gasteiger partial charge is 1.00 e. The van der Waals surface area contributed by atoms with Crippen LogP contribution in [0.2, 0.25) is 0 Å². The molecule has 3 N–H and O–H groups in total. The summed E-state index contributed by atoms with van der Waals surface area (Å²) in [6, 6.07) is 11.4. The van der Waals surface area contributed by atoms with Gasteiger partial charge in [-0.2, -0.15) is 0 Å². The Hall–Kier alpha value is -2.63. The maximum atomic E-state index is 13.5. The minimum atomic E-state index is -1.41. The minimum Gasteiger partial charge on any atom is -0.550 e. The fraction of sp³-hybridized carbons (Fsp3) is 0.346. The molecule has 0 bridgehead atoms. The summed E-state index contributed by atoms with van der Waals surface area (Å²) in [5, 5.41) is 33.6. The van der Waals surface area contributed by atoms with Crippen LogP contribution in [0.5, 0.6) is 0 Å². The second kappa shape index (κ2) is 14.3. The van der Waals surface area contributed by atoms with Gasteiger partial charge in [-0.15, -0.1) is 0 Å². The molecule has 37 heavy (non-hydrogen) atoms. The van der Waals surface area contributed by atoms with E-state index in [1.54, 1.807) is 16.7 Å². The fourth-order valence-electron chi connectivity index (χ4n) is 3.94. The van der Waals surface area contributed by atoms with E-state index in [-0.39, 0.29) is 67.0 Å². The Kier molecular flexibility index (Phi) is 11.9. The molecule has 1 amide bonds. The summed E-state index contributed by atoms with van der Waals surface area (Å²) in [6.07, 6.45) is -2.41. The monoisotopic (exact) mass is 523 g/mol. The molecule has 0 radical (unpaired) electrons. The Morgan fingerprint density at radius 1 is 1.03 bits per heavy atom. The molecule has 0 saturated carbocycles. The van der Waals surface area contributed by atoms with E-state index in [2.05, 4.69) is 10.3 Å². The van der Waals surface area contributed by atoms with Crippen LogP contribution in [0.4, 0.5) is 8.78 Å². The number of halogens is 2. The molecule has 1 heterocycles. The number of aliphatic hydroxyl groups excluding tert-OH is 2. The van der Waals surface area contributed by atoms with Crippen molar-refractivity contribution in [1.82, 2.24) is 14.9 Å². The molecule has 0 aliphatic heterocycles. The number of carbonyl (C=O) groups is 2. The Bertz CT molecular complexity index is 1190. The molecule has 1 aromatic heterocycles. The normalized spacial score (nSPS) is 12.5. The van der Waals surface area contributed by atoms with Crippen molar-refractivity contribution in [1.29, 1.82) is 0 Å². The maximum Gasteiger partial charge on any atom is 1.00 e. The van der Waals surface area contributed by atoms with Crippen molar-refractivity contribution in [2.75, 3.05) is 0 Å². The van der Waals surface area contributed by atoms with E-state index in [4.69, 9.17) is 0 Å². The number of aliphatic hydroxyl groups is 2. The molecule has 0 spiro atoms. The van der Waals surface area contributed by atoms with Gasteiger partial charge >= 0.3 is 29.6 Å². The predicted molar refractivity (Wildman–Crippen MR) is 125 cm³/mol. The first-order chi connectivity index (χ1) is 17.2. The van der Waals surface area contributed by atoms with Gasteiger partial charge in [-0.3, -0.25) is 4.79 Å². The third kappa shape index (κ3) is 8.72. The number of carboxylic acids is 1. The molecule has 0 unspecified atom stereocenters. The van der Waals surface area contributed by atoms with Gasteiger partial charge in [-0.25, -0.2) is 13.8 Å². The van der Waals surface area contributed by atoms with Crippen molar-refractivity contribution < 1.29 is 63.2 Å². The topological polar surface area (TPSA) is 128 Å². The molecule has 3 aromatic rings. The van der Waals surface area contributed by atoms with Crippen LogP contribution >= 0.6 is 0 Å². The van der Waals surface area contributed by atoms with E-state index in [0.717, 1.165) is 0 Å². The Labute approximate surface area is 235 Å². The molecule has 3 rings (SSSR count). The first-order valence-corrected chi connectivity index (χ1v) is 11.6. The van der Waals surface area contributed by atoms with Gasteiger partial charge < -0.3 is 30.0 Å². The molecule has 192 valence electrons. The quantitative estimate of drug-likeness (QED) is 0.261. The number of hydrogen-bond acceptors (Lipinski definition) is 6. The molecule has 0 saturated heterocycles. The number of amides is 1. The molecule has 8 nitrogen and oxygen atoms in total. The van der Waals surface area contributed by atoms with Gasteiger partial charge in [0.15, 0.2) is 0 Å². The molecule has 11 heteroatoms. The zero-order valence-electron chi connectivity index (χ0n) is 20.8. The number of hydrogen-bond donors (Lipinski definition) is 3. The van der Waals surface area contributed by atoms with Crippen molar-refractivity contribution in [3.63, 3.8) is 0 Å². The van der Waals surface area contributed by atoms with Crippen molar-refractivity contribution in [2.45, 2.75) is 57.9 Å². The molecule has 0 fully saturated rings. The number of aromatic nitrogens is 2. The molecular formula is C26H28F2N3NaO5. The van der Waals surface area contributed by atoms with Crippen LogP contribution in [0.3, 0.4) is 0 Å². The van der Waals surface area contributed by atoms with Gasteiger partial charge in [-0.1, -0.05) is 19.1 Å². The van der Waals surface area contributed by atoms with Crippen molar-refractivity contribution in [3.05, 3.63) is 77.1 Å². The van der Waals surface area contributed by atoms with Crippen molar-refractivity contribution in [2.24, 2.45) is 0 Å². The summed E-state index contributed by atoms with van der Waals surface area (Å²) in [5.74, 6) is -2.26. The van der Waals surface area contributed by atoms with Gasteiger partial charge in [0.2, 0.25) is 0 Å². The van der Waals surface area contributed by atoms with Crippen LogP contribution in [-0.4, -0.2) is 43.8 Å². The number of nitrogens with one attached hydrogen (secondary N) is 1. The van der Waals surface area contributed by atoms with Crippen molar-refractivity contribution >= 4 is 11.9 Å². The van der Waals surface area contributed by atoms with Crippen LogP contribution < -0.4 is 40.0 Å². The third-order valence-electron chi connectivity index (χ3n) is 5.72. The van der Waals surface area contributed by atoms with E-state index in [1.807, 2.05) is 6.92 Å². The number of carbonyl (C=O) groups excluding carboxylic acids is 2. The molecule has 0 aliphatic rings. The average molecular weight is 524 g/mol. The van der Waals surface area contributed by atoms with Gasteiger partial charge in [0.05, 0.1) is 17.9 Å². The summed E-state index contributed by atoms with van der Waals surface area (Å²) in [5.41, 5.74) is 2.04. The predicted octanol–water partition coefficient (Wildman–Crippen LogP) is -1.03. The third-order valence-corrected chi connectivity index (χ3v) is 5.72. The smallest absolute Gasteiger partial charge is 0.550 e. The van der Waals surface area contributed by atoms with Crippen LogP contribution in [0, 0.1) is 11.6 Å². The second-order valence-corrected chi connectivity index (χ2v) is 8.46. The zero-order valence-corrected chi connectivity index (χ0v) is 22.8. The first-order valence-electron chi connectivity index (χ1n) is 11.6. The number of aliphatic carboxylic acids is 1. The molecular weight excluding hydrogens is 495 g/mol. The SMILES string of the molecule is CCc1c(C(=O)NCc2ccc(F)cc2)nc(-c2ccc(F)cc2)n1CC[C@@H](O)C[C@@H](O)CC(=O)[O-].[Na+]. The van der Waals surface area contributed by atoms with Gasteiger partial charge in [-0.05, 0) is 61.2 Å². The summed E-state index contributed by atoms with van der Waals surface area (Å²) >= 11 is 0. The minimum absolute atomic E-state index is 0. The Morgan fingerprint density at radius 2 is 1.62 bits per heavy atom. The number of nitrogens with zero attached hydrogens (tertiary/aromatic N) is 2. The maximum absolute atomic E-state index is 13.5. The van der Waals surface area contributed by atoms with Crippen molar-refractivity contribution in [3.8, 4) is 11.4 Å². The number of benzene rings is 2. The summed E-state index contributed by atoms with van der Waals surface area (Å²) in [7, 11) is 0. The van der Waals surface area contributed by atoms with E-state index in [1.165, 1.54) is 36.4 Å². The van der Waals surface area contributed by atoms with Gasteiger partial charge in [0.25, 0.3) is 5.91 Å². The zero-order chi connectivity index (χ0) is 26.2. The standard InChI is InChI=1S/C26H29F2N3O5.Na/c1-2-22-24(26(36)29-15-16-3-7-18(27)8-4-16)30-25(17-5-9-19(28)10-6-17)31(22)12-11-20(32)13-21(33)14-23(34)35;/h3-10,20-21,32-33H,2,11-15H2,1H3,(H,29,36)(H,34,35);/q;+1/p-1/t20-,21-;/m1./s1. The molecule has 2 aromatic carbocycles. The Morgan fingerprint density at radius 3 is 2.19 bits per heavy atom. The first kappa shape index (κ1) is 30.6. The average Bonchev–Trinajstić information content (AvgIpc) is 3.20. The van der Waals surface area contributed by atoms with Crippen LogP contribution in [-0.2, 0) is 24.3 Å². The van der Waals surface area contributed by atoms with E-state index in [0.29, 0.717) is 29.1 Å². The fourth-order valence-corrected chi connectivity index (χ4v) is 3.94. The van der Waals surface area contributed by atoms with E-state index in [9.17, 15) is 33.7 Å². The van der Waals surface area contributed by atoms with E-state index >= 15 is 0 Å². The van der Waals surface area contributed by atoms with Crippen LogP contribution in [0.1, 0.15) is 47.9 Å². The number of rotatable bonds is 12. The van der Waals surface area contributed by atoms with Crippen LogP contribution in [0.15, 0.2) is 48.5 Å². The summed E-state index contributed by atoms with van der Waals surface area (Å²) < 4.78 is 28.4. The van der Waals surface area contributed by atoms with Gasteiger partial charge in [0.1, 0.15) is 23.2 Å². The number of carboxylic acid groups (broad SMARTS) is 1. The second-order valence-electron chi connectivity index (χ2n) is 8.46. The van der Waals surface area contributed by atoms with Crippen LogP contribution in [0.25, 0.3) is 11.4 Å². The van der Waals surface area contributed by atoms with E-state index < -0.39 is 36.3 Å². The molecule has 2 atom stereocenters. The summed E-state index contributed by atoms with van der Waals surface area (Å²) in [6.45, 7) is 2.22. The summed E-state index contributed by atoms with van der Waals surface area (Å²) in [4.78, 5) is 28.2. The number of imidazole rings is 1. The van der Waals surface area contributed by atoms with Gasteiger partial charge in [0, 0.05) is 31.0 Å². The Balaban J connectivity index is 0.00000481.